The monoisotopic (exact) mass is 773 g/mol. The van der Waals surface area contributed by atoms with Crippen LogP contribution in [-0.4, -0.2) is 61.0 Å². The number of piperazine rings is 1. The molecule has 0 saturated carbocycles. The predicted octanol–water partition coefficient (Wildman–Crippen LogP) is 9.48. The lowest BCUT2D eigenvalue weighted by molar-refractivity contribution is -0.104. The normalized spacial score (nSPS) is 13.2. The van der Waals surface area contributed by atoms with E-state index >= 15 is 0 Å². The molecule has 0 amide bonds. The van der Waals surface area contributed by atoms with Gasteiger partial charge in [0.1, 0.15) is 30.1 Å². The topological polar surface area (TPSA) is 73.4 Å². The van der Waals surface area contributed by atoms with Crippen LogP contribution < -0.4 is 18.9 Å². The lowest BCUT2D eigenvalue weighted by atomic mass is 10.1. The summed E-state index contributed by atoms with van der Waals surface area (Å²) >= 11 is 13.0. The Balaban J connectivity index is 0.00000541. The second-order valence-electron chi connectivity index (χ2n) is 12.5. The summed E-state index contributed by atoms with van der Waals surface area (Å²) in [5.74, 6) is 3.20. The van der Waals surface area contributed by atoms with E-state index in [4.69, 9.17) is 42.1 Å². The first-order valence-electron chi connectivity index (χ1n) is 17.2. The molecule has 1 fully saturated rings. The van der Waals surface area contributed by atoms with Gasteiger partial charge in [0.05, 0.1) is 24.9 Å². The number of nitrogens with zero attached hydrogens (tertiary/aromatic N) is 3. The highest BCUT2D eigenvalue weighted by atomic mass is 35.5. The average Bonchev–Trinajstić information content (AvgIpc) is 3.17. The van der Waals surface area contributed by atoms with Crippen molar-refractivity contribution in [3.05, 3.63) is 147 Å². The fraction of sp³-hybridized carbons (Fsp3) is 0.238. The van der Waals surface area contributed by atoms with Gasteiger partial charge in [-0.15, -0.1) is 12.4 Å². The highest BCUT2D eigenvalue weighted by molar-refractivity contribution is 6.32. The molecule has 1 aliphatic rings. The minimum atomic E-state index is 0. The van der Waals surface area contributed by atoms with Crippen LogP contribution in [0.15, 0.2) is 109 Å². The molecule has 2 heterocycles. The Bertz CT molecular complexity index is 1940. The molecule has 1 aromatic heterocycles. The minimum Gasteiger partial charge on any atom is -0.497 e. The Morgan fingerprint density at radius 2 is 1.51 bits per heavy atom. The van der Waals surface area contributed by atoms with Crippen LogP contribution in [0.5, 0.6) is 28.9 Å². The number of allylic oxidation sites excluding steroid dienone is 1. The van der Waals surface area contributed by atoms with Crippen LogP contribution in [0.2, 0.25) is 10.0 Å². The Labute approximate surface area is 327 Å². The molecule has 0 bridgehead atoms. The maximum Gasteiger partial charge on any atom is 0.219 e. The van der Waals surface area contributed by atoms with Crippen molar-refractivity contribution in [2.45, 2.75) is 26.5 Å². The Kier molecular flexibility index (Phi) is 14.4. The summed E-state index contributed by atoms with van der Waals surface area (Å²) in [6, 6.07) is 31.3. The van der Waals surface area contributed by atoms with E-state index in [2.05, 4.69) is 39.0 Å². The van der Waals surface area contributed by atoms with Crippen molar-refractivity contribution < 1.29 is 23.7 Å². The Morgan fingerprint density at radius 3 is 2.17 bits per heavy atom. The number of halogens is 3. The Morgan fingerprint density at radius 1 is 0.811 bits per heavy atom. The first-order valence-corrected chi connectivity index (χ1v) is 17.9. The van der Waals surface area contributed by atoms with Gasteiger partial charge in [0.25, 0.3) is 0 Å². The van der Waals surface area contributed by atoms with Crippen LogP contribution in [0.25, 0.3) is 5.70 Å². The van der Waals surface area contributed by atoms with Gasteiger partial charge in [-0.1, -0.05) is 65.7 Å². The third kappa shape index (κ3) is 10.9. The van der Waals surface area contributed by atoms with Crippen molar-refractivity contribution in [3.63, 3.8) is 0 Å². The lowest BCUT2D eigenvalue weighted by Crippen LogP contribution is -2.45. The first kappa shape index (κ1) is 39.5. The van der Waals surface area contributed by atoms with Crippen LogP contribution >= 0.6 is 35.6 Å². The van der Waals surface area contributed by atoms with E-state index in [0.29, 0.717) is 40.6 Å². The molecule has 0 spiro atoms. The van der Waals surface area contributed by atoms with E-state index in [9.17, 15) is 4.79 Å². The summed E-state index contributed by atoms with van der Waals surface area (Å²) < 4.78 is 23.2. The summed E-state index contributed by atoms with van der Waals surface area (Å²) in [6.45, 7) is 6.97. The summed E-state index contributed by atoms with van der Waals surface area (Å²) in [4.78, 5) is 20.8. The molecule has 0 aliphatic carbocycles. The van der Waals surface area contributed by atoms with Gasteiger partial charge in [0.15, 0.2) is 5.75 Å². The van der Waals surface area contributed by atoms with Crippen LogP contribution in [0.4, 0.5) is 0 Å². The molecule has 8 nitrogen and oxygen atoms in total. The van der Waals surface area contributed by atoms with E-state index in [1.54, 1.807) is 31.5 Å². The minimum absolute atomic E-state index is 0. The zero-order valence-electron chi connectivity index (χ0n) is 29.7. The van der Waals surface area contributed by atoms with Crippen molar-refractivity contribution in [2.24, 2.45) is 0 Å². The van der Waals surface area contributed by atoms with Crippen molar-refractivity contribution in [1.82, 2.24) is 14.8 Å². The van der Waals surface area contributed by atoms with E-state index < -0.39 is 0 Å². The van der Waals surface area contributed by atoms with Gasteiger partial charge in [0.2, 0.25) is 5.88 Å². The summed E-state index contributed by atoms with van der Waals surface area (Å²) in [5, 5.41) is 1.08. The van der Waals surface area contributed by atoms with Gasteiger partial charge in [-0.05, 0) is 77.7 Å². The summed E-state index contributed by atoms with van der Waals surface area (Å²) in [5.41, 5.74) is 5.84. The summed E-state index contributed by atoms with van der Waals surface area (Å²) in [7, 11) is 1.67. The number of aldehydes is 1. The SMILES string of the molecule is COc1ccc(CCOc2ccc(CN3CCN(/C(=C/C=O)c4cc(C)c(Oc5ccc(OCc6ccccc6Cl)cn5)c(Cl)c4)CC3)cc2)cc1.Cl. The molecule has 276 valence electrons. The maximum absolute atomic E-state index is 11.8. The highest BCUT2D eigenvalue weighted by Gasteiger charge is 2.22. The molecule has 4 aromatic carbocycles. The number of methoxy groups -OCH3 is 1. The number of benzene rings is 4. The smallest absolute Gasteiger partial charge is 0.219 e. The van der Waals surface area contributed by atoms with Crippen molar-refractivity contribution in [2.75, 3.05) is 39.9 Å². The van der Waals surface area contributed by atoms with Crippen LogP contribution in [0.1, 0.15) is 27.8 Å². The number of hydrogen-bond acceptors (Lipinski definition) is 8. The fourth-order valence-corrected chi connectivity index (χ4v) is 6.52. The van der Waals surface area contributed by atoms with Crippen molar-refractivity contribution in [3.8, 4) is 28.9 Å². The molecule has 5 aromatic rings. The molecule has 53 heavy (non-hydrogen) atoms. The van der Waals surface area contributed by atoms with Crippen LogP contribution in [0.3, 0.4) is 0 Å². The number of aromatic nitrogens is 1. The van der Waals surface area contributed by atoms with Gasteiger partial charge in [-0.3, -0.25) is 9.69 Å². The van der Waals surface area contributed by atoms with Crippen LogP contribution in [0, 0.1) is 6.92 Å². The number of hydrogen-bond donors (Lipinski definition) is 0. The quantitative estimate of drug-likeness (QED) is 0.0770. The molecule has 1 saturated heterocycles. The molecule has 6 rings (SSSR count). The largest absolute Gasteiger partial charge is 0.497 e. The molecule has 11 heteroatoms. The number of pyridine rings is 1. The van der Waals surface area contributed by atoms with Gasteiger partial charge in [0, 0.05) is 67.6 Å². The van der Waals surface area contributed by atoms with E-state index in [1.165, 1.54) is 11.1 Å². The Hall–Kier alpha value is -4.73. The highest BCUT2D eigenvalue weighted by Crippen LogP contribution is 2.36. The molecular formula is C42H42Cl3N3O5. The third-order valence-corrected chi connectivity index (χ3v) is 9.53. The number of rotatable bonds is 15. The number of carbonyl (C=O) groups is 1. The molecule has 0 radical (unpaired) electrons. The zero-order chi connectivity index (χ0) is 36.3. The van der Waals surface area contributed by atoms with Crippen molar-refractivity contribution in [1.29, 1.82) is 0 Å². The number of ether oxygens (including phenoxy) is 4. The first-order chi connectivity index (χ1) is 25.4. The average molecular weight is 775 g/mol. The lowest BCUT2D eigenvalue weighted by Gasteiger charge is -2.37. The summed E-state index contributed by atoms with van der Waals surface area (Å²) in [6.07, 6.45) is 4.87. The second-order valence-corrected chi connectivity index (χ2v) is 13.3. The third-order valence-electron chi connectivity index (χ3n) is 8.88. The van der Waals surface area contributed by atoms with E-state index in [0.717, 1.165) is 79.3 Å². The van der Waals surface area contributed by atoms with E-state index in [-0.39, 0.29) is 12.4 Å². The molecular weight excluding hydrogens is 733 g/mol. The molecule has 0 unspecified atom stereocenters. The van der Waals surface area contributed by atoms with E-state index in [1.807, 2.05) is 67.6 Å². The molecule has 0 N–H and O–H groups in total. The number of carbonyl (C=O) groups excluding carboxylic acids is 1. The molecule has 1 aliphatic heterocycles. The predicted molar refractivity (Wildman–Crippen MR) is 213 cm³/mol. The second kappa shape index (κ2) is 19.4. The van der Waals surface area contributed by atoms with Crippen molar-refractivity contribution >= 4 is 47.6 Å². The maximum atomic E-state index is 11.8. The van der Waals surface area contributed by atoms with Gasteiger partial charge in [-0.2, -0.15) is 0 Å². The molecule has 0 atom stereocenters. The standard InChI is InChI=1S/C42H41Cl2N3O5.ClH/c1-30-25-34(26-39(44)42(30)52-41-16-15-37(27-45-41)51-29-33-5-3-4-6-38(33)43)40(17-23-48)47-21-19-46(20-22-47)28-32-9-13-36(14-10-32)50-24-18-31-7-11-35(49-2)12-8-31;/h3-17,23,25-27H,18-22,24,28-29H2,1-2H3;1H/b40-17+;. The zero-order valence-corrected chi connectivity index (χ0v) is 32.0. The number of aryl methyl sites for hydroxylation is 1. The fourth-order valence-electron chi connectivity index (χ4n) is 6.03. The van der Waals surface area contributed by atoms with Gasteiger partial charge in [-0.25, -0.2) is 4.98 Å². The van der Waals surface area contributed by atoms with Gasteiger partial charge < -0.3 is 23.8 Å². The van der Waals surface area contributed by atoms with Gasteiger partial charge >= 0.3 is 0 Å². The van der Waals surface area contributed by atoms with Crippen LogP contribution in [-0.2, 0) is 24.4 Å².